The van der Waals surface area contributed by atoms with Gasteiger partial charge in [-0.15, -0.1) is 0 Å². The van der Waals surface area contributed by atoms with Gasteiger partial charge in [0.1, 0.15) is 5.75 Å². The lowest BCUT2D eigenvalue weighted by atomic mass is 10.3. The predicted molar refractivity (Wildman–Crippen MR) is 73.2 cm³/mol. The standard InChI is InChI=1S/C11H13NO2S3/c1-2-14-4-6-17(13)11-12-10(8-16-11)9-3-5-15-7-9/h3,5,7-8H,2,4,6H2,1H3. The number of hydrogen-bond acceptors (Lipinski definition) is 5. The van der Waals surface area contributed by atoms with Gasteiger partial charge in [-0.1, -0.05) is 11.3 Å². The molecule has 92 valence electrons. The first-order valence-electron chi connectivity index (χ1n) is 5.25. The van der Waals surface area contributed by atoms with Crippen LogP contribution in [0, 0.1) is 0 Å². The molecule has 2 aromatic heterocycles. The van der Waals surface area contributed by atoms with Crippen molar-refractivity contribution in [2.75, 3.05) is 19.0 Å². The van der Waals surface area contributed by atoms with Crippen LogP contribution >= 0.6 is 22.7 Å². The van der Waals surface area contributed by atoms with Gasteiger partial charge in [0.25, 0.3) is 0 Å². The van der Waals surface area contributed by atoms with Gasteiger partial charge in [0, 0.05) is 34.1 Å². The van der Waals surface area contributed by atoms with E-state index in [4.69, 9.17) is 4.74 Å². The van der Waals surface area contributed by atoms with Crippen molar-refractivity contribution < 1.29 is 9.29 Å². The Morgan fingerprint density at radius 3 is 3.06 bits per heavy atom. The van der Waals surface area contributed by atoms with E-state index in [-0.39, 0.29) is 0 Å². The molecule has 1 atom stereocenters. The Morgan fingerprint density at radius 2 is 2.35 bits per heavy atom. The van der Waals surface area contributed by atoms with E-state index < -0.39 is 11.2 Å². The molecule has 6 heteroatoms. The van der Waals surface area contributed by atoms with Gasteiger partial charge in [0.05, 0.1) is 12.3 Å². The van der Waals surface area contributed by atoms with Crippen LogP contribution < -0.4 is 0 Å². The zero-order valence-electron chi connectivity index (χ0n) is 9.42. The maximum atomic E-state index is 11.9. The van der Waals surface area contributed by atoms with Gasteiger partial charge in [-0.05, 0) is 18.4 Å². The van der Waals surface area contributed by atoms with Crippen LogP contribution in [0.1, 0.15) is 6.92 Å². The highest BCUT2D eigenvalue weighted by atomic mass is 32.2. The molecule has 0 radical (unpaired) electrons. The van der Waals surface area contributed by atoms with E-state index in [1.165, 1.54) is 11.3 Å². The van der Waals surface area contributed by atoms with E-state index in [1.807, 2.05) is 29.1 Å². The van der Waals surface area contributed by atoms with E-state index in [1.54, 1.807) is 11.3 Å². The molecule has 0 aromatic carbocycles. The van der Waals surface area contributed by atoms with Crippen LogP contribution in [0.25, 0.3) is 11.3 Å². The van der Waals surface area contributed by atoms with E-state index in [0.29, 0.717) is 23.3 Å². The fraction of sp³-hybridized carbons (Fsp3) is 0.364. The van der Waals surface area contributed by atoms with Crippen LogP contribution in [0.2, 0.25) is 0 Å². The van der Waals surface area contributed by atoms with Gasteiger partial charge in [0.2, 0.25) is 0 Å². The van der Waals surface area contributed by atoms with E-state index in [0.717, 1.165) is 11.3 Å². The number of hydrogen-bond donors (Lipinski definition) is 0. The van der Waals surface area contributed by atoms with Crippen LogP contribution in [-0.2, 0) is 15.9 Å². The lowest BCUT2D eigenvalue weighted by Gasteiger charge is -2.06. The molecule has 2 rings (SSSR count). The molecule has 17 heavy (non-hydrogen) atoms. The van der Waals surface area contributed by atoms with Gasteiger partial charge in [-0.3, -0.25) is 0 Å². The van der Waals surface area contributed by atoms with Crippen LogP contribution in [0.15, 0.2) is 26.5 Å². The number of thiazole rings is 1. The van der Waals surface area contributed by atoms with Gasteiger partial charge in [-0.2, -0.15) is 16.3 Å². The molecule has 0 saturated carbocycles. The van der Waals surface area contributed by atoms with Crippen molar-refractivity contribution in [2.24, 2.45) is 0 Å². The third-order valence-corrected chi connectivity index (χ3v) is 5.29. The second-order valence-electron chi connectivity index (χ2n) is 3.26. The lowest BCUT2D eigenvalue weighted by molar-refractivity contribution is 0.163. The summed E-state index contributed by atoms with van der Waals surface area (Å²) in [5.74, 6) is 0.518. The highest BCUT2D eigenvalue weighted by Crippen LogP contribution is 2.26. The fourth-order valence-electron chi connectivity index (χ4n) is 1.27. The second-order valence-corrected chi connectivity index (χ2v) is 6.64. The molecule has 3 nitrogen and oxygen atoms in total. The van der Waals surface area contributed by atoms with E-state index in [2.05, 4.69) is 4.98 Å². The van der Waals surface area contributed by atoms with Crippen molar-refractivity contribution in [1.29, 1.82) is 0 Å². The molecule has 0 spiro atoms. The third-order valence-electron chi connectivity index (χ3n) is 2.11. The zero-order valence-corrected chi connectivity index (χ0v) is 11.9. The molecule has 0 bridgehead atoms. The van der Waals surface area contributed by atoms with E-state index >= 15 is 0 Å². The first kappa shape index (κ1) is 13.0. The maximum Gasteiger partial charge on any atom is 0.302 e. The molecule has 2 heterocycles. The van der Waals surface area contributed by atoms with E-state index in [9.17, 15) is 4.55 Å². The maximum absolute atomic E-state index is 11.9. The Hall–Kier alpha value is -0.400. The monoisotopic (exact) mass is 287 g/mol. The molecule has 0 saturated heterocycles. The lowest BCUT2D eigenvalue weighted by Crippen LogP contribution is -2.12. The molecule has 0 N–H and O–H groups in total. The Balaban J connectivity index is 1.98. The average Bonchev–Trinajstić information content (AvgIpc) is 3.00. The molecule has 0 aliphatic carbocycles. The quantitative estimate of drug-likeness (QED) is 0.606. The number of rotatable bonds is 6. The van der Waals surface area contributed by atoms with Crippen molar-refractivity contribution in [3.63, 3.8) is 0 Å². The summed E-state index contributed by atoms with van der Waals surface area (Å²) < 4.78 is 17.8. The number of aromatic nitrogens is 1. The van der Waals surface area contributed by atoms with Gasteiger partial charge in [-0.25, -0.2) is 0 Å². The van der Waals surface area contributed by atoms with Crippen molar-refractivity contribution in [3.8, 4) is 11.3 Å². The van der Waals surface area contributed by atoms with Crippen molar-refractivity contribution >= 4 is 33.8 Å². The molecular formula is C11H13NO2S3. The van der Waals surface area contributed by atoms with Crippen LogP contribution in [0.3, 0.4) is 0 Å². The molecule has 0 amide bonds. The Kier molecular flexibility index (Phi) is 4.99. The highest BCUT2D eigenvalue weighted by Gasteiger charge is 2.16. The third kappa shape index (κ3) is 3.53. The molecule has 1 unspecified atom stereocenters. The summed E-state index contributed by atoms with van der Waals surface area (Å²) in [6, 6.07) is 2.02. The zero-order chi connectivity index (χ0) is 12.1. The molecular weight excluding hydrogens is 274 g/mol. The molecule has 0 aliphatic rings. The fourth-order valence-corrected chi connectivity index (χ4v) is 3.94. The Morgan fingerprint density at radius 1 is 1.47 bits per heavy atom. The minimum absolute atomic E-state index is 0.518. The van der Waals surface area contributed by atoms with Gasteiger partial charge < -0.3 is 9.29 Å². The number of nitrogens with zero attached hydrogens (tertiary/aromatic N) is 1. The van der Waals surface area contributed by atoms with Gasteiger partial charge >= 0.3 is 4.34 Å². The summed E-state index contributed by atoms with van der Waals surface area (Å²) in [6.45, 7) is 3.12. The molecule has 0 aliphatic heterocycles. The minimum atomic E-state index is -1.04. The smallest absolute Gasteiger partial charge is 0.302 e. The van der Waals surface area contributed by atoms with Gasteiger partial charge in [0.15, 0.2) is 0 Å². The first-order valence-corrected chi connectivity index (χ1v) is 8.39. The topological polar surface area (TPSA) is 45.2 Å². The van der Waals surface area contributed by atoms with Crippen LogP contribution in [0.4, 0.5) is 0 Å². The predicted octanol–water partition coefficient (Wildman–Crippen LogP) is 3.02. The average molecular weight is 287 g/mol. The number of thiophene rings is 1. The summed E-state index contributed by atoms with van der Waals surface area (Å²) in [7, 11) is 0. The second kappa shape index (κ2) is 6.51. The summed E-state index contributed by atoms with van der Waals surface area (Å²) >= 11 is 2.05. The highest BCUT2D eigenvalue weighted by molar-refractivity contribution is 7.93. The SMILES string of the molecule is CCOCC[S+]([O-])c1nc(-c2ccsc2)cs1. The summed E-state index contributed by atoms with van der Waals surface area (Å²) in [6.07, 6.45) is 0. The van der Waals surface area contributed by atoms with Crippen molar-refractivity contribution in [2.45, 2.75) is 11.3 Å². The normalized spacial score (nSPS) is 12.8. The summed E-state index contributed by atoms with van der Waals surface area (Å²) in [5, 5.41) is 6.01. The number of ether oxygens (including phenoxy) is 1. The molecule has 2 aromatic rings. The largest absolute Gasteiger partial charge is 0.609 e. The first-order chi connectivity index (χ1) is 8.31. The summed E-state index contributed by atoms with van der Waals surface area (Å²) in [4.78, 5) is 4.40. The Bertz CT molecular complexity index is 441. The molecule has 0 fully saturated rings. The Labute approximate surface area is 112 Å². The van der Waals surface area contributed by atoms with Crippen molar-refractivity contribution in [3.05, 3.63) is 22.2 Å². The van der Waals surface area contributed by atoms with Crippen LogP contribution in [0.5, 0.6) is 0 Å². The minimum Gasteiger partial charge on any atom is -0.609 e. The van der Waals surface area contributed by atoms with Crippen molar-refractivity contribution in [1.82, 2.24) is 4.98 Å². The summed E-state index contributed by atoms with van der Waals surface area (Å²) in [5.41, 5.74) is 2.01. The van der Waals surface area contributed by atoms with Crippen LogP contribution in [-0.4, -0.2) is 28.5 Å².